The van der Waals surface area contributed by atoms with Gasteiger partial charge in [-0.3, -0.25) is 5.32 Å². The highest BCUT2D eigenvalue weighted by molar-refractivity contribution is 6.01. The van der Waals surface area contributed by atoms with Crippen LogP contribution in [-0.4, -0.2) is 23.9 Å². The standard InChI is InChI=1S/C23H25F2N3O3/c1-2-11-30-23(29)27-16-7-5-15(6-8-16)21-20(26)18-10-9-17(31-22(24)25)12-19(18)28(21)13-14-3-4-14/h5-10,12,14,22H,2-4,11,13,26H2,1H3,(H,27,29). The third kappa shape index (κ3) is 4.73. The van der Waals surface area contributed by atoms with Crippen molar-refractivity contribution in [1.29, 1.82) is 0 Å². The highest BCUT2D eigenvalue weighted by Crippen LogP contribution is 2.41. The van der Waals surface area contributed by atoms with Crippen molar-refractivity contribution in [3.63, 3.8) is 0 Å². The van der Waals surface area contributed by atoms with E-state index in [-0.39, 0.29) is 5.75 Å². The van der Waals surface area contributed by atoms with Gasteiger partial charge in [0.05, 0.1) is 23.5 Å². The van der Waals surface area contributed by atoms with Gasteiger partial charge in [0, 0.05) is 29.2 Å². The Morgan fingerprint density at radius 1 is 1.23 bits per heavy atom. The summed E-state index contributed by atoms with van der Waals surface area (Å²) in [4.78, 5) is 11.8. The number of carbonyl (C=O) groups is 1. The lowest BCUT2D eigenvalue weighted by molar-refractivity contribution is -0.0497. The van der Waals surface area contributed by atoms with Crippen molar-refractivity contribution >= 4 is 28.4 Å². The molecule has 3 N–H and O–H groups in total. The minimum atomic E-state index is -2.88. The Balaban J connectivity index is 1.68. The zero-order valence-corrected chi connectivity index (χ0v) is 17.2. The first-order chi connectivity index (χ1) is 15.0. The monoisotopic (exact) mass is 429 g/mol. The average molecular weight is 429 g/mol. The summed E-state index contributed by atoms with van der Waals surface area (Å²) in [5, 5.41) is 3.49. The van der Waals surface area contributed by atoms with Crippen LogP contribution in [0.4, 0.5) is 25.0 Å². The van der Waals surface area contributed by atoms with E-state index in [0.717, 1.165) is 48.0 Å². The molecule has 2 aromatic carbocycles. The van der Waals surface area contributed by atoms with E-state index in [1.165, 1.54) is 6.07 Å². The van der Waals surface area contributed by atoms with Crippen molar-refractivity contribution in [1.82, 2.24) is 4.57 Å². The van der Waals surface area contributed by atoms with E-state index >= 15 is 0 Å². The summed E-state index contributed by atoms with van der Waals surface area (Å²) in [6.07, 6.45) is 2.52. The predicted octanol–water partition coefficient (Wildman–Crippen LogP) is 5.86. The molecule has 6 nitrogen and oxygen atoms in total. The molecule has 0 atom stereocenters. The summed E-state index contributed by atoms with van der Waals surface area (Å²) in [6, 6.07) is 12.2. The van der Waals surface area contributed by atoms with Crippen LogP contribution in [0.2, 0.25) is 0 Å². The number of nitrogens with one attached hydrogen (secondary N) is 1. The Kier molecular flexibility index (Phi) is 5.97. The van der Waals surface area contributed by atoms with Gasteiger partial charge in [-0.2, -0.15) is 8.78 Å². The van der Waals surface area contributed by atoms with Crippen molar-refractivity contribution in [2.45, 2.75) is 39.3 Å². The largest absolute Gasteiger partial charge is 0.449 e. The zero-order chi connectivity index (χ0) is 22.0. The van der Waals surface area contributed by atoms with Gasteiger partial charge in [0.1, 0.15) is 5.75 Å². The topological polar surface area (TPSA) is 78.5 Å². The Morgan fingerprint density at radius 2 is 1.97 bits per heavy atom. The van der Waals surface area contributed by atoms with Gasteiger partial charge < -0.3 is 19.8 Å². The van der Waals surface area contributed by atoms with E-state index in [2.05, 4.69) is 14.6 Å². The maximum atomic E-state index is 12.7. The average Bonchev–Trinajstić information content (AvgIpc) is 3.52. The fraction of sp³-hybridized carbons (Fsp3) is 0.348. The quantitative estimate of drug-likeness (QED) is 0.470. The molecule has 164 valence electrons. The molecule has 0 bridgehead atoms. The number of nitrogens with two attached hydrogens (primary N) is 1. The fourth-order valence-electron chi connectivity index (χ4n) is 3.65. The molecule has 31 heavy (non-hydrogen) atoms. The van der Waals surface area contributed by atoms with Crippen molar-refractivity contribution in [3.05, 3.63) is 42.5 Å². The summed E-state index contributed by atoms with van der Waals surface area (Å²) in [5.41, 5.74) is 10.2. The van der Waals surface area contributed by atoms with E-state index in [9.17, 15) is 13.6 Å². The van der Waals surface area contributed by atoms with Crippen LogP contribution in [0.3, 0.4) is 0 Å². The van der Waals surface area contributed by atoms with Crippen molar-refractivity contribution in [3.8, 4) is 17.0 Å². The maximum absolute atomic E-state index is 12.7. The summed E-state index contributed by atoms with van der Waals surface area (Å²) < 4.78 is 37.1. The second-order valence-electron chi connectivity index (χ2n) is 7.71. The molecular weight excluding hydrogens is 404 g/mol. The lowest BCUT2D eigenvalue weighted by Crippen LogP contribution is -2.13. The predicted molar refractivity (Wildman–Crippen MR) is 116 cm³/mol. The number of nitrogens with zero attached hydrogens (tertiary/aromatic N) is 1. The number of hydrogen-bond donors (Lipinski definition) is 2. The number of benzene rings is 2. The van der Waals surface area contributed by atoms with Crippen molar-refractivity contribution in [2.75, 3.05) is 17.7 Å². The number of aromatic nitrogens is 1. The minimum Gasteiger partial charge on any atom is -0.449 e. The molecule has 0 spiro atoms. The van der Waals surface area contributed by atoms with Gasteiger partial charge in [0.2, 0.25) is 0 Å². The summed E-state index contributed by atoms with van der Waals surface area (Å²) in [5.74, 6) is 0.649. The lowest BCUT2D eigenvalue weighted by atomic mass is 10.1. The highest BCUT2D eigenvalue weighted by Gasteiger charge is 2.26. The van der Waals surface area contributed by atoms with Crippen LogP contribution >= 0.6 is 0 Å². The zero-order valence-electron chi connectivity index (χ0n) is 17.2. The van der Waals surface area contributed by atoms with E-state index in [1.807, 2.05) is 19.1 Å². The molecule has 1 aliphatic rings. The maximum Gasteiger partial charge on any atom is 0.411 e. The molecular formula is C23H25F2N3O3. The van der Waals surface area contributed by atoms with E-state index in [1.54, 1.807) is 24.3 Å². The van der Waals surface area contributed by atoms with Crippen molar-refractivity contribution in [2.24, 2.45) is 5.92 Å². The molecule has 1 aliphatic carbocycles. The van der Waals surface area contributed by atoms with Gasteiger partial charge in [-0.25, -0.2) is 4.79 Å². The number of fused-ring (bicyclic) bond motifs is 1. The first-order valence-electron chi connectivity index (χ1n) is 10.4. The van der Waals surface area contributed by atoms with Crippen molar-refractivity contribution < 1.29 is 23.0 Å². The molecule has 0 radical (unpaired) electrons. The van der Waals surface area contributed by atoms with Crippen LogP contribution in [-0.2, 0) is 11.3 Å². The van der Waals surface area contributed by atoms with Crippen LogP contribution in [0.25, 0.3) is 22.2 Å². The van der Waals surface area contributed by atoms with Gasteiger partial charge in [-0.05, 0) is 49.4 Å². The molecule has 1 amide bonds. The molecule has 1 fully saturated rings. The number of amides is 1. The van der Waals surface area contributed by atoms with Crippen LogP contribution < -0.4 is 15.8 Å². The van der Waals surface area contributed by atoms with Gasteiger partial charge in [0.25, 0.3) is 0 Å². The fourth-order valence-corrected chi connectivity index (χ4v) is 3.65. The summed E-state index contributed by atoms with van der Waals surface area (Å²) in [7, 11) is 0. The Morgan fingerprint density at radius 3 is 2.61 bits per heavy atom. The van der Waals surface area contributed by atoms with Crippen LogP contribution in [0.15, 0.2) is 42.5 Å². The van der Waals surface area contributed by atoms with E-state index in [4.69, 9.17) is 10.5 Å². The SMILES string of the molecule is CCCOC(=O)Nc1ccc(-c2c(N)c3ccc(OC(F)F)cc3n2CC2CC2)cc1. The minimum absolute atomic E-state index is 0.105. The van der Waals surface area contributed by atoms with Gasteiger partial charge in [0.15, 0.2) is 0 Å². The number of halogens is 2. The first-order valence-corrected chi connectivity index (χ1v) is 10.4. The number of anilines is 2. The second kappa shape index (κ2) is 8.83. The highest BCUT2D eigenvalue weighted by atomic mass is 19.3. The number of ether oxygens (including phenoxy) is 2. The molecule has 8 heteroatoms. The van der Waals surface area contributed by atoms with Crippen LogP contribution in [0.5, 0.6) is 5.75 Å². The molecule has 0 saturated heterocycles. The molecule has 4 rings (SSSR count). The van der Waals surface area contributed by atoms with E-state index < -0.39 is 12.7 Å². The van der Waals surface area contributed by atoms with E-state index in [0.29, 0.717) is 23.9 Å². The number of alkyl halides is 2. The summed E-state index contributed by atoms with van der Waals surface area (Å²) >= 11 is 0. The van der Waals surface area contributed by atoms with Gasteiger partial charge in [-0.15, -0.1) is 0 Å². The second-order valence-corrected chi connectivity index (χ2v) is 7.71. The molecule has 0 aliphatic heterocycles. The first kappa shape index (κ1) is 21.0. The van der Waals surface area contributed by atoms with Crippen LogP contribution in [0, 0.1) is 5.92 Å². The van der Waals surface area contributed by atoms with Crippen LogP contribution in [0.1, 0.15) is 26.2 Å². The number of hydrogen-bond acceptors (Lipinski definition) is 4. The van der Waals surface area contributed by atoms with Gasteiger partial charge in [-0.1, -0.05) is 19.1 Å². The molecule has 1 heterocycles. The molecule has 1 aromatic heterocycles. The third-order valence-electron chi connectivity index (χ3n) is 5.28. The Hall–Kier alpha value is -3.29. The lowest BCUT2D eigenvalue weighted by Gasteiger charge is -2.13. The number of rotatable bonds is 8. The normalized spacial score (nSPS) is 13.5. The smallest absolute Gasteiger partial charge is 0.411 e. The molecule has 1 saturated carbocycles. The van der Waals surface area contributed by atoms with Gasteiger partial charge >= 0.3 is 12.7 Å². The molecule has 0 unspecified atom stereocenters. The number of carbonyl (C=O) groups excluding carboxylic acids is 1. The third-order valence-corrected chi connectivity index (χ3v) is 5.28. The summed E-state index contributed by atoms with van der Waals surface area (Å²) in [6.45, 7) is 0.157. The molecule has 3 aromatic rings. The Labute approximate surface area is 178 Å². The number of nitrogen functional groups attached to an aromatic ring is 1. The Bertz CT molecular complexity index is 1080.